The van der Waals surface area contributed by atoms with E-state index < -0.39 is 10.2 Å². The minimum atomic E-state index is -3.20. The number of rotatable bonds is 3. The maximum Gasteiger partial charge on any atom is 0.282 e. The van der Waals surface area contributed by atoms with E-state index in [1.165, 1.54) is 0 Å². The number of hydrogen-bond acceptors (Lipinski definition) is 4. The Morgan fingerprint density at radius 3 is 2.00 bits per heavy atom. The third-order valence-electron chi connectivity index (χ3n) is 4.71. The molecule has 3 saturated heterocycles. The average molecular weight is 302 g/mol. The number of hydrogen-bond donors (Lipinski definition) is 1. The lowest BCUT2D eigenvalue weighted by atomic mass is 10.1. The molecule has 0 aromatic rings. The summed E-state index contributed by atoms with van der Waals surface area (Å²) < 4.78 is 28.5. The van der Waals surface area contributed by atoms with E-state index in [0.717, 1.165) is 51.9 Å². The van der Waals surface area contributed by atoms with Gasteiger partial charge in [0.2, 0.25) is 0 Å². The third kappa shape index (κ3) is 3.01. The Balaban J connectivity index is 1.54. The molecule has 3 fully saturated rings. The molecular formula is C13H26N4O2S. The summed E-state index contributed by atoms with van der Waals surface area (Å²) in [6.45, 7) is 6.90. The zero-order valence-electron chi connectivity index (χ0n) is 12.1. The van der Waals surface area contributed by atoms with Crippen LogP contribution in [0.5, 0.6) is 0 Å². The van der Waals surface area contributed by atoms with Crippen LogP contribution in [-0.4, -0.2) is 80.3 Å². The molecule has 3 heterocycles. The zero-order valence-corrected chi connectivity index (χ0v) is 12.9. The molecule has 0 radical (unpaired) electrons. The molecule has 3 aliphatic heterocycles. The lowest BCUT2D eigenvalue weighted by Crippen LogP contribution is -2.65. The van der Waals surface area contributed by atoms with Crippen LogP contribution in [0.25, 0.3) is 0 Å². The Bertz CT molecular complexity index is 408. The fraction of sp³-hybridized carbons (Fsp3) is 1.00. The van der Waals surface area contributed by atoms with Gasteiger partial charge < -0.3 is 5.32 Å². The monoisotopic (exact) mass is 302 g/mol. The molecule has 0 saturated carbocycles. The molecule has 1 N–H and O–H groups in total. The van der Waals surface area contributed by atoms with Gasteiger partial charge in [0.05, 0.1) is 0 Å². The third-order valence-corrected chi connectivity index (χ3v) is 6.68. The van der Waals surface area contributed by atoms with Crippen molar-refractivity contribution in [2.24, 2.45) is 0 Å². The van der Waals surface area contributed by atoms with E-state index in [1.54, 1.807) is 8.61 Å². The van der Waals surface area contributed by atoms with Crippen molar-refractivity contribution >= 4 is 10.2 Å². The molecule has 116 valence electrons. The Morgan fingerprint density at radius 2 is 1.40 bits per heavy atom. The molecule has 0 aliphatic carbocycles. The van der Waals surface area contributed by atoms with Crippen LogP contribution in [0.15, 0.2) is 0 Å². The van der Waals surface area contributed by atoms with E-state index in [4.69, 9.17) is 0 Å². The fourth-order valence-corrected chi connectivity index (χ4v) is 5.09. The van der Waals surface area contributed by atoms with Crippen LogP contribution in [0, 0.1) is 0 Å². The van der Waals surface area contributed by atoms with Gasteiger partial charge in [-0.1, -0.05) is 12.8 Å². The minimum Gasteiger partial charge on any atom is -0.314 e. The molecule has 3 aliphatic rings. The molecular weight excluding hydrogens is 276 g/mol. The molecule has 7 heteroatoms. The summed E-state index contributed by atoms with van der Waals surface area (Å²) in [5.41, 5.74) is 0. The van der Waals surface area contributed by atoms with Gasteiger partial charge >= 0.3 is 0 Å². The van der Waals surface area contributed by atoms with Gasteiger partial charge in [-0.15, -0.1) is 0 Å². The highest BCUT2D eigenvalue weighted by Crippen LogP contribution is 2.23. The lowest BCUT2D eigenvalue weighted by Gasteiger charge is -2.46. The molecule has 0 bridgehead atoms. The lowest BCUT2D eigenvalue weighted by molar-refractivity contribution is 0.0732. The molecule has 20 heavy (non-hydrogen) atoms. The standard InChI is InChI=1S/C13H26N4O2S/c18-20(19,16-7-3-1-2-4-8-16)17-11-13(12-17)15-9-5-14-6-10-15/h13-14H,1-12H2. The van der Waals surface area contributed by atoms with Gasteiger partial charge in [0.1, 0.15) is 0 Å². The first kappa shape index (κ1) is 14.7. The van der Waals surface area contributed by atoms with E-state index in [9.17, 15) is 8.42 Å². The van der Waals surface area contributed by atoms with Crippen molar-refractivity contribution in [3.05, 3.63) is 0 Å². The maximum atomic E-state index is 12.6. The highest BCUT2D eigenvalue weighted by atomic mass is 32.2. The summed E-state index contributed by atoms with van der Waals surface area (Å²) in [5.74, 6) is 0. The predicted molar refractivity (Wildman–Crippen MR) is 78.8 cm³/mol. The maximum absolute atomic E-state index is 12.6. The van der Waals surface area contributed by atoms with Crippen molar-refractivity contribution in [3.63, 3.8) is 0 Å². The molecule has 0 unspecified atom stereocenters. The van der Waals surface area contributed by atoms with Crippen LogP contribution >= 0.6 is 0 Å². The summed E-state index contributed by atoms with van der Waals surface area (Å²) in [4.78, 5) is 2.42. The van der Waals surface area contributed by atoms with Crippen LogP contribution in [0.3, 0.4) is 0 Å². The minimum absolute atomic E-state index is 0.429. The molecule has 0 aromatic heterocycles. The second-order valence-electron chi connectivity index (χ2n) is 6.08. The normalized spacial score (nSPS) is 29.0. The highest BCUT2D eigenvalue weighted by Gasteiger charge is 2.41. The first-order valence-electron chi connectivity index (χ1n) is 7.88. The van der Waals surface area contributed by atoms with Gasteiger partial charge in [-0.05, 0) is 12.8 Å². The molecule has 0 amide bonds. The first-order valence-corrected chi connectivity index (χ1v) is 9.27. The van der Waals surface area contributed by atoms with Crippen LogP contribution in [0.4, 0.5) is 0 Å². The van der Waals surface area contributed by atoms with E-state index in [0.29, 0.717) is 32.2 Å². The van der Waals surface area contributed by atoms with Crippen molar-refractivity contribution in [3.8, 4) is 0 Å². The van der Waals surface area contributed by atoms with Crippen molar-refractivity contribution in [2.75, 3.05) is 52.4 Å². The second-order valence-corrected chi connectivity index (χ2v) is 8.01. The van der Waals surface area contributed by atoms with E-state index in [-0.39, 0.29) is 0 Å². The highest BCUT2D eigenvalue weighted by molar-refractivity contribution is 7.86. The first-order chi connectivity index (χ1) is 9.68. The largest absolute Gasteiger partial charge is 0.314 e. The number of nitrogens with zero attached hydrogens (tertiary/aromatic N) is 3. The van der Waals surface area contributed by atoms with Crippen LogP contribution in [0.1, 0.15) is 25.7 Å². The van der Waals surface area contributed by atoms with Crippen LogP contribution in [0.2, 0.25) is 0 Å². The second kappa shape index (κ2) is 6.27. The van der Waals surface area contributed by atoms with Gasteiger partial charge in [-0.3, -0.25) is 4.90 Å². The van der Waals surface area contributed by atoms with Crippen LogP contribution in [-0.2, 0) is 10.2 Å². The summed E-state index contributed by atoms with van der Waals surface area (Å²) >= 11 is 0. The van der Waals surface area contributed by atoms with Crippen molar-refractivity contribution in [1.29, 1.82) is 0 Å². The van der Waals surface area contributed by atoms with Gasteiger partial charge in [0.15, 0.2) is 0 Å². The SMILES string of the molecule is O=S(=O)(N1CCCCCC1)N1CC(N2CCNCC2)C1. The Hall–Kier alpha value is -0.210. The van der Waals surface area contributed by atoms with E-state index in [2.05, 4.69) is 10.2 Å². The van der Waals surface area contributed by atoms with Gasteiger partial charge in [-0.2, -0.15) is 17.0 Å². The van der Waals surface area contributed by atoms with Gasteiger partial charge in [0, 0.05) is 58.4 Å². The van der Waals surface area contributed by atoms with Crippen molar-refractivity contribution in [1.82, 2.24) is 18.8 Å². The smallest absolute Gasteiger partial charge is 0.282 e. The predicted octanol–water partition coefficient (Wildman–Crippen LogP) is -0.303. The van der Waals surface area contributed by atoms with Gasteiger partial charge in [-0.25, -0.2) is 0 Å². The molecule has 0 aromatic carbocycles. The molecule has 6 nitrogen and oxygen atoms in total. The number of piperazine rings is 1. The molecule has 3 rings (SSSR count). The fourth-order valence-electron chi connectivity index (χ4n) is 3.32. The zero-order chi connectivity index (χ0) is 14.0. The summed E-state index contributed by atoms with van der Waals surface area (Å²) in [6.07, 6.45) is 4.34. The van der Waals surface area contributed by atoms with Crippen molar-refractivity contribution in [2.45, 2.75) is 31.7 Å². The Morgan fingerprint density at radius 1 is 0.800 bits per heavy atom. The summed E-state index contributed by atoms with van der Waals surface area (Å²) in [5, 5.41) is 3.34. The Kier molecular flexibility index (Phi) is 4.62. The average Bonchev–Trinajstić information content (AvgIpc) is 2.67. The quantitative estimate of drug-likeness (QED) is 0.777. The van der Waals surface area contributed by atoms with Crippen molar-refractivity contribution < 1.29 is 8.42 Å². The molecule has 0 spiro atoms. The van der Waals surface area contributed by atoms with Gasteiger partial charge in [0.25, 0.3) is 10.2 Å². The van der Waals surface area contributed by atoms with E-state index >= 15 is 0 Å². The number of nitrogens with one attached hydrogen (secondary N) is 1. The van der Waals surface area contributed by atoms with E-state index in [1.807, 2.05) is 0 Å². The topological polar surface area (TPSA) is 55.9 Å². The molecule has 0 atom stereocenters. The van der Waals surface area contributed by atoms with Crippen LogP contribution < -0.4 is 5.32 Å². The summed E-state index contributed by atoms with van der Waals surface area (Å²) in [6, 6.07) is 0.429. The Labute approximate surface area is 122 Å². The summed E-state index contributed by atoms with van der Waals surface area (Å²) in [7, 11) is -3.20.